The number of aliphatic hydroxyl groups is 1. The van der Waals surface area contributed by atoms with Crippen LogP contribution in [0.15, 0.2) is 52.7 Å². The van der Waals surface area contributed by atoms with Gasteiger partial charge in [0.1, 0.15) is 23.3 Å². The third-order valence-electron chi connectivity index (χ3n) is 5.46. The van der Waals surface area contributed by atoms with E-state index in [0.717, 1.165) is 19.6 Å². The number of ketones is 1. The minimum Gasteiger partial charge on any atom is -0.507 e. The van der Waals surface area contributed by atoms with E-state index < -0.39 is 17.7 Å². The van der Waals surface area contributed by atoms with E-state index >= 15 is 0 Å². The summed E-state index contributed by atoms with van der Waals surface area (Å²) >= 11 is 0. The quantitative estimate of drug-likeness (QED) is 0.386. The summed E-state index contributed by atoms with van der Waals surface area (Å²) in [6, 6.07) is 9.42. The molecule has 3 rings (SSSR count). The van der Waals surface area contributed by atoms with Gasteiger partial charge < -0.3 is 24.1 Å². The number of carbonyl (C=O) groups is 2. The minimum atomic E-state index is -0.761. The first-order valence-corrected chi connectivity index (χ1v) is 10.2. The highest BCUT2D eigenvalue weighted by molar-refractivity contribution is 6.46. The van der Waals surface area contributed by atoms with Crippen molar-refractivity contribution in [3.8, 4) is 5.75 Å². The van der Waals surface area contributed by atoms with Crippen molar-refractivity contribution in [2.75, 3.05) is 33.3 Å². The van der Waals surface area contributed by atoms with E-state index in [-0.39, 0.29) is 11.3 Å². The molecule has 0 radical (unpaired) electrons. The van der Waals surface area contributed by atoms with Crippen molar-refractivity contribution in [3.05, 3.63) is 59.6 Å². The second-order valence-corrected chi connectivity index (χ2v) is 7.12. The predicted octanol–water partition coefficient (Wildman–Crippen LogP) is 3.44. The molecule has 1 atom stereocenters. The number of furan rings is 1. The van der Waals surface area contributed by atoms with Crippen molar-refractivity contribution < 1.29 is 23.8 Å². The summed E-state index contributed by atoms with van der Waals surface area (Å²) in [6.45, 7) is 7.23. The molecule has 2 aromatic rings. The Kier molecular flexibility index (Phi) is 6.95. The lowest BCUT2D eigenvalue weighted by molar-refractivity contribution is -0.140. The molecule has 1 saturated heterocycles. The predicted molar refractivity (Wildman–Crippen MR) is 113 cm³/mol. The highest BCUT2D eigenvalue weighted by atomic mass is 16.5. The molecule has 0 bridgehead atoms. The van der Waals surface area contributed by atoms with Gasteiger partial charge in [0.05, 0.1) is 18.9 Å². The van der Waals surface area contributed by atoms with Gasteiger partial charge in [0.25, 0.3) is 11.7 Å². The first-order chi connectivity index (χ1) is 14.5. The number of benzene rings is 1. The molecule has 30 heavy (non-hydrogen) atoms. The number of hydrogen-bond donors (Lipinski definition) is 1. The average Bonchev–Trinajstić information content (AvgIpc) is 3.38. The number of hydrogen-bond acceptors (Lipinski definition) is 6. The Labute approximate surface area is 176 Å². The second-order valence-electron chi connectivity index (χ2n) is 7.12. The van der Waals surface area contributed by atoms with Crippen LogP contribution in [-0.2, 0) is 9.59 Å². The number of carbonyl (C=O) groups excluding carboxylic acids is 2. The lowest BCUT2D eigenvalue weighted by Gasteiger charge is -2.25. The van der Waals surface area contributed by atoms with Gasteiger partial charge in [-0.3, -0.25) is 9.59 Å². The molecule has 2 heterocycles. The number of amides is 1. The number of ether oxygens (including phenoxy) is 1. The fourth-order valence-corrected chi connectivity index (χ4v) is 3.78. The van der Waals surface area contributed by atoms with Gasteiger partial charge in [0, 0.05) is 12.1 Å². The SMILES string of the molecule is CCN(CC)CCCN1C(=O)C(=O)C(=C(O)c2cccc(OC)c2)[C@H]1c1ccco1. The Morgan fingerprint density at radius 2 is 1.97 bits per heavy atom. The fourth-order valence-electron chi connectivity index (χ4n) is 3.78. The van der Waals surface area contributed by atoms with Gasteiger partial charge in [0.2, 0.25) is 0 Å². The molecular formula is C23H28N2O5. The van der Waals surface area contributed by atoms with Crippen LogP contribution in [0.4, 0.5) is 0 Å². The molecule has 1 N–H and O–H groups in total. The summed E-state index contributed by atoms with van der Waals surface area (Å²) in [6.07, 6.45) is 2.21. The molecule has 0 aliphatic carbocycles. The summed E-state index contributed by atoms with van der Waals surface area (Å²) in [5.41, 5.74) is 0.443. The van der Waals surface area contributed by atoms with Gasteiger partial charge in [-0.15, -0.1) is 0 Å². The van der Waals surface area contributed by atoms with E-state index in [1.807, 2.05) is 0 Å². The second kappa shape index (κ2) is 9.63. The maximum absolute atomic E-state index is 12.9. The minimum absolute atomic E-state index is 0.0334. The molecule has 1 fully saturated rings. The highest BCUT2D eigenvalue weighted by Gasteiger charge is 2.47. The van der Waals surface area contributed by atoms with Crippen molar-refractivity contribution >= 4 is 17.4 Å². The Balaban J connectivity index is 1.97. The zero-order valence-corrected chi connectivity index (χ0v) is 17.6. The third kappa shape index (κ3) is 4.26. The van der Waals surface area contributed by atoms with E-state index in [1.54, 1.807) is 36.4 Å². The van der Waals surface area contributed by atoms with Gasteiger partial charge in [-0.1, -0.05) is 26.0 Å². The average molecular weight is 412 g/mol. The number of aliphatic hydroxyl groups excluding tert-OH is 1. The van der Waals surface area contributed by atoms with Crippen molar-refractivity contribution in [2.45, 2.75) is 26.3 Å². The van der Waals surface area contributed by atoms with Gasteiger partial charge in [-0.2, -0.15) is 0 Å². The molecule has 160 valence electrons. The molecule has 7 heteroatoms. The Morgan fingerprint density at radius 1 is 1.20 bits per heavy atom. The molecule has 0 spiro atoms. The van der Waals surface area contributed by atoms with Crippen molar-refractivity contribution in [3.63, 3.8) is 0 Å². The van der Waals surface area contributed by atoms with Gasteiger partial charge in [-0.25, -0.2) is 0 Å². The molecule has 7 nitrogen and oxygen atoms in total. The van der Waals surface area contributed by atoms with Crippen LogP contribution in [0.25, 0.3) is 5.76 Å². The van der Waals surface area contributed by atoms with Crippen molar-refractivity contribution in [1.29, 1.82) is 0 Å². The third-order valence-corrected chi connectivity index (χ3v) is 5.46. The van der Waals surface area contributed by atoms with Crippen LogP contribution in [0.3, 0.4) is 0 Å². The molecule has 1 aromatic carbocycles. The largest absolute Gasteiger partial charge is 0.507 e. The van der Waals surface area contributed by atoms with Crippen LogP contribution in [0, 0.1) is 0 Å². The Hall–Kier alpha value is -3.06. The number of nitrogens with zero attached hydrogens (tertiary/aromatic N) is 2. The Bertz CT molecular complexity index is 915. The number of rotatable bonds is 9. The number of likely N-dealkylation sites (tertiary alicyclic amines) is 1. The van der Waals surface area contributed by atoms with E-state index in [1.165, 1.54) is 18.3 Å². The normalized spacial score (nSPS) is 18.4. The van der Waals surface area contributed by atoms with E-state index in [9.17, 15) is 14.7 Å². The van der Waals surface area contributed by atoms with Gasteiger partial charge in [0.15, 0.2) is 0 Å². The van der Waals surface area contributed by atoms with Crippen molar-refractivity contribution in [2.24, 2.45) is 0 Å². The number of methoxy groups -OCH3 is 1. The van der Waals surface area contributed by atoms with Gasteiger partial charge in [-0.05, 0) is 50.3 Å². The van der Waals surface area contributed by atoms with Crippen LogP contribution < -0.4 is 4.74 Å². The monoisotopic (exact) mass is 412 g/mol. The van der Waals surface area contributed by atoms with Crippen LogP contribution in [0.2, 0.25) is 0 Å². The van der Waals surface area contributed by atoms with Crippen LogP contribution in [0.1, 0.15) is 37.6 Å². The summed E-state index contributed by atoms with van der Waals surface area (Å²) in [7, 11) is 1.52. The molecule has 1 aliphatic heterocycles. The molecule has 1 aromatic heterocycles. The highest BCUT2D eigenvalue weighted by Crippen LogP contribution is 2.39. The van der Waals surface area contributed by atoms with E-state index in [2.05, 4.69) is 18.7 Å². The maximum Gasteiger partial charge on any atom is 0.295 e. The zero-order chi connectivity index (χ0) is 21.7. The molecule has 1 amide bonds. The fraction of sp³-hybridized carbons (Fsp3) is 0.391. The first-order valence-electron chi connectivity index (χ1n) is 10.2. The molecule has 0 saturated carbocycles. The summed E-state index contributed by atoms with van der Waals surface area (Å²) in [5.74, 6) is -0.580. The Morgan fingerprint density at radius 3 is 2.60 bits per heavy atom. The molecule has 0 unspecified atom stereocenters. The zero-order valence-electron chi connectivity index (χ0n) is 17.6. The number of Topliss-reactive ketones (excluding diaryl/α,β-unsaturated/α-hetero) is 1. The molecular weight excluding hydrogens is 384 g/mol. The van der Waals surface area contributed by atoms with Crippen LogP contribution in [0.5, 0.6) is 5.75 Å². The summed E-state index contributed by atoms with van der Waals surface area (Å²) < 4.78 is 10.8. The maximum atomic E-state index is 12.9. The van der Waals surface area contributed by atoms with E-state index in [0.29, 0.717) is 30.0 Å². The lowest BCUT2D eigenvalue weighted by atomic mass is 9.99. The summed E-state index contributed by atoms with van der Waals surface area (Å²) in [5, 5.41) is 11.0. The van der Waals surface area contributed by atoms with Crippen LogP contribution in [-0.4, -0.2) is 59.9 Å². The lowest BCUT2D eigenvalue weighted by Crippen LogP contribution is -2.33. The topological polar surface area (TPSA) is 83.2 Å². The molecule has 1 aliphatic rings. The first kappa shape index (κ1) is 21.6. The smallest absolute Gasteiger partial charge is 0.295 e. The van der Waals surface area contributed by atoms with E-state index in [4.69, 9.17) is 9.15 Å². The van der Waals surface area contributed by atoms with Crippen molar-refractivity contribution in [1.82, 2.24) is 9.80 Å². The summed E-state index contributed by atoms with van der Waals surface area (Å²) in [4.78, 5) is 29.5. The standard InChI is InChI=1S/C23H28N2O5/c1-4-24(5-2)12-8-13-25-20(18-11-7-14-30-18)19(22(27)23(25)28)21(26)16-9-6-10-17(15-16)29-3/h6-7,9-11,14-15,20,26H,4-5,8,12-13H2,1-3H3/t20-/m1/s1. The van der Waals surface area contributed by atoms with Crippen LogP contribution >= 0.6 is 0 Å². The van der Waals surface area contributed by atoms with Gasteiger partial charge >= 0.3 is 0 Å².